The third kappa shape index (κ3) is 3.43. The van der Waals surface area contributed by atoms with E-state index in [2.05, 4.69) is 0 Å². The SMILES string of the molecule is COc1cc(C(=O)N(C)CCO)ccc1B1OC(C)(C)C(C)(C)O1. The van der Waals surface area contributed by atoms with Crippen molar-refractivity contribution < 1.29 is 23.9 Å². The molecular weight excluding hydrogens is 309 g/mol. The molecule has 1 aromatic carbocycles. The van der Waals surface area contributed by atoms with Gasteiger partial charge in [0.25, 0.3) is 5.91 Å². The molecule has 1 aliphatic heterocycles. The molecule has 0 aromatic heterocycles. The first-order valence-electron chi connectivity index (χ1n) is 8.03. The van der Waals surface area contributed by atoms with Crippen molar-refractivity contribution in [1.82, 2.24) is 4.90 Å². The zero-order chi connectivity index (χ0) is 18.1. The standard InChI is InChI=1S/C17H26BNO5/c1-16(2)17(3,4)24-18(23-16)13-8-7-12(11-14(13)22-6)15(21)19(5)9-10-20/h7-8,11,20H,9-10H2,1-6H3. The first-order valence-corrected chi connectivity index (χ1v) is 8.03. The lowest BCUT2D eigenvalue weighted by molar-refractivity contribution is 0.00578. The number of nitrogens with zero attached hydrogens (tertiary/aromatic N) is 1. The van der Waals surface area contributed by atoms with Crippen molar-refractivity contribution in [1.29, 1.82) is 0 Å². The Labute approximate surface area is 143 Å². The normalized spacial score (nSPS) is 18.5. The summed E-state index contributed by atoms with van der Waals surface area (Å²) in [6.45, 7) is 8.15. The predicted octanol–water partition coefficient (Wildman–Crippen LogP) is 1.06. The van der Waals surface area contributed by atoms with Crippen LogP contribution in [0.5, 0.6) is 5.75 Å². The second-order valence-corrected chi connectivity index (χ2v) is 7.00. The fourth-order valence-corrected chi connectivity index (χ4v) is 2.48. The number of hydrogen-bond acceptors (Lipinski definition) is 5. The van der Waals surface area contributed by atoms with Crippen molar-refractivity contribution in [3.63, 3.8) is 0 Å². The molecule has 1 N–H and O–H groups in total. The molecule has 0 radical (unpaired) electrons. The zero-order valence-corrected chi connectivity index (χ0v) is 15.3. The lowest BCUT2D eigenvalue weighted by Crippen LogP contribution is -2.41. The summed E-state index contributed by atoms with van der Waals surface area (Å²) in [4.78, 5) is 13.8. The van der Waals surface area contributed by atoms with Gasteiger partial charge in [-0.1, -0.05) is 6.07 Å². The summed E-state index contributed by atoms with van der Waals surface area (Å²) in [6, 6.07) is 5.19. The number of carbonyl (C=O) groups excluding carboxylic acids is 1. The number of ether oxygens (including phenoxy) is 1. The third-order valence-corrected chi connectivity index (χ3v) is 4.77. The maximum atomic E-state index is 12.3. The molecule has 0 atom stereocenters. The molecule has 1 aromatic rings. The summed E-state index contributed by atoms with van der Waals surface area (Å²) in [5.41, 5.74) is 0.345. The van der Waals surface area contributed by atoms with Crippen LogP contribution in [-0.2, 0) is 9.31 Å². The highest BCUT2D eigenvalue weighted by Gasteiger charge is 2.52. The van der Waals surface area contributed by atoms with Gasteiger partial charge in [0.05, 0.1) is 24.9 Å². The second-order valence-electron chi connectivity index (χ2n) is 7.00. The first-order chi connectivity index (χ1) is 11.1. The lowest BCUT2D eigenvalue weighted by Gasteiger charge is -2.32. The summed E-state index contributed by atoms with van der Waals surface area (Å²) in [5, 5.41) is 8.97. The van der Waals surface area contributed by atoms with E-state index in [1.54, 1.807) is 32.4 Å². The van der Waals surface area contributed by atoms with Crippen LogP contribution in [0.25, 0.3) is 0 Å². The summed E-state index contributed by atoms with van der Waals surface area (Å²) < 4.78 is 17.5. The number of rotatable bonds is 5. The molecule has 6 nitrogen and oxygen atoms in total. The third-order valence-electron chi connectivity index (χ3n) is 4.77. The number of amides is 1. The fourth-order valence-electron chi connectivity index (χ4n) is 2.48. The van der Waals surface area contributed by atoms with Crippen LogP contribution >= 0.6 is 0 Å². The molecule has 1 amide bonds. The molecule has 132 valence electrons. The van der Waals surface area contributed by atoms with Crippen molar-refractivity contribution in [2.24, 2.45) is 0 Å². The van der Waals surface area contributed by atoms with Gasteiger partial charge in [-0.2, -0.15) is 0 Å². The van der Waals surface area contributed by atoms with Gasteiger partial charge in [-0.3, -0.25) is 4.79 Å². The van der Waals surface area contributed by atoms with Crippen molar-refractivity contribution in [3.05, 3.63) is 23.8 Å². The lowest BCUT2D eigenvalue weighted by atomic mass is 9.78. The van der Waals surface area contributed by atoms with E-state index in [9.17, 15) is 4.79 Å². The molecule has 2 rings (SSSR count). The topological polar surface area (TPSA) is 68.2 Å². The van der Waals surface area contributed by atoms with Gasteiger partial charge in [-0.05, 0) is 39.8 Å². The molecule has 1 fully saturated rings. The van der Waals surface area contributed by atoms with Gasteiger partial charge in [0.1, 0.15) is 5.75 Å². The van der Waals surface area contributed by atoms with E-state index in [0.29, 0.717) is 11.3 Å². The van der Waals surface area contributed by atoms with E-state index >= 15 is 0 Å². The van der Waals surface area contributed by atoms with Crippen molar-refractivity contribution in [3.8, 4) is 5.75 Å². The Hall–Kier alpha value is -1.57. The number of benzene rings is 1. The van der Waals surface area contributed by atoms with Crippen molar-refractivity contribution in [2.75, 3.05) is 27.3 Å². The Bertz CT molecular complexity index is 601. The van der Waals surface area contributed by atoms with Crippen LogP contribution in [-0.4, -0.2) is 61.5 Å². The van der Waals surface area contributed by atoms with E-state index in [1.807, 2.05) is 27.7 Å². The highest BCUT2D eigenvalue weighted by atomic mass is 16.7. The van der Waals surface area contributed by atoms with Gasteiger partial charge in [0.2, 0.25) is 0 Å². The number of aliphatic hydroxyl groups is 1. The van der Waals surface area contributed by atoms with E-state index in [-0.39, 0.29) is 19.1 Å². The zero-order valence-electron chi connectivity index (χ0n) is 15.3. The Balaban J connectivity index is 2.29. The number of methoxy groups -OCH3 is 1. The molecule has 7 heteroatoms. The van der Waals surface area contributed by atoms with Crippen LogP contribution in [0.15, 0.2) is 18.2 Å². The minimum absolute atomic E-state index is 0.0780. The first kappa shape index (κ1) is 18.8. The largest absolute Gasteiger partial charge is 0.498 e. The van der Waals surface area contributed by atoms with E-state index in [0.717, 1.165) is 5.46 Å². The van der Waals surface area contributed by atoms with E-state index in [4.69, 9.17) is 19.2 Å². The van der Waals surface area contributed by atoms with E-state index in [1.165, 1.54) is 4.90 Å². The highest BCUT2D eigenvalue weighted by Crippen LogP contribution is 2.37. The maximum Gasteiger partial charge on any atom is 0.498 e. The van der Waals surface area contributed by atoms with Crippen LogP contribution in [0.1, 0.15) is 38.1 Å². The molecule has 1 aliphatic rings. The minimum atomic E-state index is -0.552. The van der Waals surface area contributed by atoms with Crippen LogP contribution in [0.3, 0.4) is 0 Å². The monoisotopic (exact) mass is 335 g/mol. The number of likely N-dealkylation sites (N-methyl/N-ethyl adjacent to an activating group) is 1. The van der Waals surface area contributed by atoms with Crippen LogP contribution < -0.4 is 10.2 Å². The number of carbonyl (C=O) groups is 1. The smallest absolute Gasteiger partial charge is 0.497 e. The molecule has 0 saturated carbocycles. The van der Waals surface area contributed by atoms with Gasteiger partial charge < -0.3 is 24.1 Å². The van der Waals surface area contributed by atoms with Crippen LogP contribution in [0, 0.1) is 0 Å². The van der Waals surface area contributed by atoms with Gasteiger partial charge in [0.15, 0.2) is 0 Å². The van der Waals surface area contributed by atoms with Gasteiger partial charge in [0, 0.05) is 24.6 Å². The summed E-state index contributed by atoms with van der Waals surface area (Å²) in [7, 11) is 2.65. The highest BCUT2D eigenvalue weighted by molar-refractivity contribution is 6.63. The second kappa shape index (κ2) is 6.74. The predicted molar refractivity (Wildman–Crippen MR) is 92.8 cm³/mol. The number of hydrogen-bond donors (Lipinski definition) is 1. The molecule has 0 unspecified atom stereocenters. The summed E-state index contributed by atoms with van der Waals surface area (Å²) in [6.07, 6.45) is 0. The molecule has 24 heavy (non-hydrogen) atoms. The van der Waals surface area contributed by atoms with Crippen LogP contribution in [0.2, 0.25) is 0 Å². The van der Waals surface area contributed by atoms with Gasteiger partial charge in [-0.15, -0.1) is 0 Å². The molecule has 0 aliphatic carbocycles. The Morgan fingerprint density at radius 2 is 1.83 bits per heavy atom. The maximum absolute atomic E-state index is 12.3. The Morgan fingerprint density at radius 1 is 1.25 bits per heavy atom. The van der Waals surface area contributed by atoms with Gasteiger partial charge in [-0.25, -0.2) is 0 Å². The van der Waals surface area contributed by atoms with Crippen LogP contribution in [0.4, 0.5) is 0 Å². The van der Waals surface area contributed by atoms with Crippen molar-refractivity contribution in [2.45, 2.75) is 38.9 Å². The average Bonchev–Trinajstić information content (AvgIpc) is 2.74. The Morgan fingerprint density at radius 3 is 2.33 bits per heavy atom. The van der Waals surface area contributed by atoms with Crippen molar-refractivity contribution >= 4 is 18.5 Å². The summed E-state index contributed by atoms with van der Waals surface area (Å²) >= 11 is 0. The number of aliphatic hydroxyl groups excluding tert-OH is 1. The molecule has 1 saturated heterocycles. The summed E-state index contributed by atoms with van der Waals surface area (Å²) in [5.74, 6) is 0.361. The van der Waals surface area contributed by atoms with Gasteiger partial charge >= 0.3 is 7.12 Å². The molecule has 1 heterocycles. The quantitative estimate of drug-likeness (QED) is 0.815. The molecular formula is C17H26BNO5. The average molecular weight is 335 g/mol. The Kier molecular flexibility index (Phi) is 5.27. The molecule has 0 spiro atoms. The molecule has 0 bridgehead atoms. The van der Waals surface area contributed by atoms with E-state index < -0.39 is 18.3 Å². The minimum Gasteiger partial charge on any atom is -0.497 e. The fraction of sp³-hybridized carbons (Fsp3) is 0.588.